The molecule has 0 saturated heterocycles. The van der Waals surface area contributed by atoms with E-state index in [0.29, 0.717) is 34.6 Å². The van der Waals surface area contributed by atoms with Gasteiger partial charge in [0.15, 0.2) is 11.0 Å². The Bertz CT molecular complexity index is 1360. The summed E-state index contributed by atoms with van der Waals surface area (Å²) >= 11 is 1.44. The molecule has 0 aliphatic heterocycles. The van der Waals surface area contributed by atoms with Crippen LogP contribution in [0.25, 0.3) is 17.1 Å². The van der Waals surface area contributed by atoms with Gasteiger partial charge in [-0.2, -0.15) is 0 Å². The number of benzene rings is 3. The average Bonchev–Trinajstić information content (AvgIpc) is 3.27. The summed E-state index contributed by atoms with van der Waals surface area (Å²) in [5.74, 6) is 1.48. The van der Waals surface area contributed by atoms with Crippen LogP contribution < -0.4 is 4.74 Å². The zero-order valence-electron chi connectivity index (χ0n) is 18.6. The summed E-state index contributed by atoms with van der Waals surface area (Å²) in [5.41, 5.74) is 1.24. The van der Waals surface area contributed by atoms with Crippen LogP contribution in [0.2, 0.25) is 0 Å². The van der Waals surface area contributed by atoms with Crippen LogP contribution in [0.5, 0.6) is 5.75 Å². The van der Waals surface area contributed by atoms with E-state index in [1.54, 1.807) is 34.9 Å². The maximum Gasteiger partial charge on any atom is 0.242 e. The molecular formula is C24H23FN4O3S2. The normalized spacial score (nSPS) is 11.6. The monoisotopic (exact) mass is 498 g/mol. The molecule has 0 atom stereocenters. The highest BCUT2D eigenvalue weighted by Crippen LogP contribution is 2.29. The molecule has 0 bridgehead atoms. The van der Waals surface area contributed by atoms with Gasteiger partial charge in [0.2, 0.25) is 10.0 Å². The summed E-state index contributed by atoms with van der Waals surface area (Å²) in [4.78, 5) is 0.147. The lowest BCUT2D eigenvalue weighted by Gasteiger charge is -2.13. The van der Waals surface area contributed by atoms with Crippen molar-refractivity contribution >= 4 is 21.8 Å². The van der Waals surface area contributed by atoms with Gasteiger partial charge in [-0.05, 0) is 48.5 Å². The molecule has 3 aromatic carbocycles. The quantitative estimate of drug-likeness (QED) is 0.250. The largest absolute Gasteiger partial charge is 0.493 e. The van der Waals surface area contributed by atoms with Crippen molar-refractivity contribution in [3.05, 3.63) is 84.7 Å². The summed E-state index contributed by atoms with van der Waals surface area (Å²) in [7, 11) is -0.660. The van der Waals surface area contributed by atoms with Crippen LogP contribution in [0.1, 0.15) is 0 Å². The lowest BCUT2D eigenvalue weighted by molar-refractivity contribution is 0.344. The standard InChI is InChI=1S/C24H23FN4O3S2/c1-28(2)34(30,31)22-10-6-7-18(17-22)23-26-27-24(29(23)20-13-11-19(25)12-14-20)33-16-15-32-21-8-4-3-5-9-21/h3-14,17H,15-16H2,1-2H3. The van der Waals surface area contributed by atoms with Crippen LogP contribution in [-0.4, -0.2) is 53.9 Å². The number of rotatable bonds is 9. The van der Waals surface area contributed by atoms with Crippen LogP contribution in [0.4, 0.5) is 4.39 Å². The van der Waals surface area contributed by atoms with Crippen molar-refractivity contribution in [1.29, 1.82) is 0 Å². The van der Waals surface area contributed by atoms with E-state index in [9.17, 15) is 12.8 Å². The van der Waals surface area contributed by atoms with Crippen LogP contribution in [-0.2, 0) is 10.0 Å². The first-order valence-electron chi connectivity index (χ1n) is 10.4. The SMILES string of the molecule is CN(C)S(=O)(=O)c1cccc(-c2nnc(SCCOc3ccccc3)n2-c2ccc(F)cc2)c1. The lowest BCUT2D eigenvalue weighted by Crippen LogP contribution is -2.22. The minimum absolute atomic E-state index is 0.147. The molecule has 176 valence electrons. The van der Waals surface area contributed by atoms with Gasteiger partial charge in [0.25, 0.3) is 0 Å². The van der Waals surface area contributed by atoms with Crippen molar-refractivity contribution in [3.63, 3.8) is 0 Å². The van der Waals surface area contributed by atoms with Gasteiger partial charge in [0.05, 0.1) is 11.5 Å². The van der Waals surface area contributed by atoms with E-state index in [-0.39, 0.29) is 10.7 Å². The Kier molecular flexibility index (Phi) is 7.30. The molecule has 10 heteroatoms. The molecule has 1 heterocycles. The third kappa shape index (κ3) is 5.30. The van der Waals surface area contributed by atoms with Crippen LogP contribution in [0.3, 0.4) is 0 Å². The average molecular weight is 499 g/mol. The molecule has 0 aliphatic rings. The van der Waals surface area contributed by atoms with Crippen LogP contribution >= 0.6 is 11.8 Å². The summed E-state index contributed by atoms with van der Waals surface area (Å²) < 4.78 is 47.5. The second kappa shape index (κ2) is 10.4. The fraction of sp³-hybridized carbons (Fsp3) is 0.167. The van der Waals surface area contributed by atoms with Gasteiger partial charge < -0.3 is 4.74 Å². The predicted octanol–water partition coefficient (Wildman–Crippen LogP) is 4.49. The molecule has 7 nitrogen and oxygen atoms in total. The fourth-order valence-corrected chi connectivity index (χ4v) is 4.91. The molecule has 4 aromatic rings. The number of para-hydroxylation sites is 1. The molecule has 1 aromatic heterocycles. The van der Waals surface area contributed by atoms with E-state index in [1.807, 2.05) is 30.3 Å². The second-order valence-electron chi connectivity index (χ2n) is 7.44. The van der Waals surface area contributed by atoms with E-state index in [2.05, 4.69) is 10.2 Å². The number of hydrogen-bond donors (Lipinski definition) is 0. The van der Waals surface area contributed by atoms with Crippen molar-refractivity contribution in [3.8, 4) is 22.8 Å². The van der Waals surface area contributed by atoms with Crippen molar-refractivity contribution in [2.24, 2.45) is 0 Å². The highest BCUT2D eigenvalue weighted by atomic mass is 32.2. The lowest BCUT2D eigenvalue weighted by atomic mass is 10.2. The first-order valence-corrected chi connectivity index (χ1v) is 12.8. The van der Waals surface area contributed by atoms with Crippen molar-refractivity contribution in [1.82, 2.24) is 19.1 Å². The van der Waals surface area contributed by atoms with Crippen LogP contribution in [0.15, 0.2) is 88.9 Å². The predicted molar refractivity (Wildman–Crippen MR) is 130 cm³/mol. The summed E-state index contributed by atoms with van der Waals surface area (Å²) in [6.45, 7) is 0.455. The summed E-state index contributed by atoms with van der Waals surface area (Å²) in [6.07, 6.45) is 0. The zero-order valence-corrected chi connectivity index (χ0v) is 20.3. The Balaban J connectivity index is 1.66. The van der Waals surface area contributed by atoms with E-state index in [1.165, 1.54) is 44.1 Å². The van der Waals surface area contributed by atoms with Gasteiger partial charge in [-0.25, -0.2) is 17.1 Å². The molecule has 0 N–H and O–H groups in total. The number of ether oxygens (including phenoxy) is 1. The summed E-state index contributed by atoms with van der Waals surface area (Å²) in [5, 5.41) is 9.25. The minimum atomic E-state index is -3.62. The number of halogens is 1. The fourth-order valence-electron chi connectivity index (χ4n) is 3.19. The number of hydrogen-bond acceptors (Lipinski definition) is 6. The maximum atomic E-state index is 13.6. The molecular weight excluding hydrogens is 475 g/mol. The molecule has 4 rings (SSSR count). The third-order valence-electron chi connectivity index (χ3n) is 4.92. The van der Waals surface area contributed by atoms with E-state index in [4.69, 9.17) is 4.74 Å². The maximum absolute atomic E-state index is 13.6. The smallest absolute Gasteiger partial charge is 0.242 e. The van der Waals surface area contributed by atoms with E-state index < -0.39 is 10.0 Å². The summed E-state index contributed by atoms with van der Waals surface area (Å²) in [6, 6.07) is 22.0. The van der Waals surface area contributed by atoms with E-state index >= 15 is 0 Å². The first kappa shape index (κ1) is 23.9. The molecule has 0 unspecified atom stereocenters. The number of aromatic nitrogens is 3. The van der Waals surface area contributed by atoms with Gasteiger partial charge in [-0.15, -0.1) is 10.2 Å². The Morgan fingerprint density at radius 1 is 0.971 bits per heavy atom. The van der Waals surface area contributed by atoms with Crippen molar-refractivity contribution in [2.45, 2.75) is 10.1 Å². The van der Waals surface area contributed by atoms with Crippen molar-refractivity contribution < 1.29 is 17.5 Å². The second-order valence-corrected chi connectivity index (χ2v) is 10.7. The molecule has 0 amide bonds. The molecule has 0 aliphatic carbocycles. The number of nitrogens with zero attached hydrogens (tertiary/aromatic N) is 4. The topological polar surface area (TPSA) is 77.3 Å². The number of thioether (sulfide) groups is 1. The Labute approximate surface area is 202 Å². The molecule has 0 spiro atoms. The zero-order chi connectivity index (χ0) is 24.1. The minimum Gasteiger partial charge on any atom is -0.493 e. The highest BCUT2D eigenvalue weighted by molar-refractivity contribution is 7.99. The Morgan fingerprint density at radius 3 is 2.41 bits per heavy atom. The van der Waals surface area contributed by atoms with Gasteiger partial charge >= 0.3 is 0 Å². The van der Waals surface area contributed by atoms with Gasteiger partial charge in [0, 0.05) is 31.1 Å². The van der Waals surface area contributed by atoms with Gasteiger partial charge in [-0.1, -0.05) is 42.1 Å². The van der Waals surface area contributed by atoms with Crippen LogP contribution in [0, 0.1) is 5.82 Å². The van der Waals surface area contributed by atoms with Gasteiger partial charge in [0.1, 0.15) is 11.6 Å². The van der Waals surface area contributed by atoms with Gasteiger partial charge in [-0.3, -0.25) is 4.57 Å². The molecule has 0 radical (unpaired) electrons. The molecule has 0 saturated carbocycles. The first-order chi connectivity index (χ1) is 16.4. The highest BCUT2D eigenvalue weighted by Gasteiger charge is 2.21. The molecule has 0 fully saturated rings. The number of sulfonamides is 1. The van der Waals surface area contributed by atoms with E-state index in [0.717, 1.165) is 10.1 Å². The molecule has 34 heavy (non-hydrogen) atoms. The van der Waals surface area contributed by atoms with Crippen molar-refractivity contribution in [2.75, 3.05) is 26.5 Å². The Hall–Kier alpha value is -3.21. The Morgan fingerprint density at radius 2 is 1.71 bits per heavy atom. The third-order valence-corrected chi connectivity index (χ3v) is 7.62.